The van der Waals surface area contributed by atoms with E-state index >= 15 is 0 Å². The molecule has 1 aromatic carbocycles. The molecule has 1 fully saturated rings. The van der Waals surface area contributed by atoms with E-state index in [-0.39, 0.29) is 11.8 Å². The first kappa shape index (κ1) is 19.1. The maximum atomic E-state index is 12.2. The predicted octanol–water partition coefficient (Wildman–Crippen LogP) is 2.70. The molecular weight excluding hydrogens is 368 g/mol. The minimum Gasteiger partial charge on any atom is -0.437 e. The van der Waals surface area contributed by atoms with Crippen molar-refractivity contribution in [2.24, 2.45) is 5.73 Å². The molecule has 0 radical (unpaired) electrons. The minimum atomic E-state index is -0.495. The Balaban J connectivity index is 1.77. The van der Waals surface area contributed by atoms with Crippen molar-refractivity contribution >= 4 is 23.4 Å². The topological polar surface area (TPSA) is 98.4 Å². The van der Waals surface area contributed by atoms with Crippen molar-refractivity contribution in [2.45, 2.75) is 25.2 Å². The van der Waals surface area contributed by atoms with E-state index in [1.807, 2.05) is 4.90 Å². The summed E-state index contributed by atoms with van der Waals surface area (Å²) in [5, 5.41) is 0. The van der Waals surface area contributed by atoms with Crippen molar-refractivity contribution in [2.75, 3.05) is 19.0 Å². The lowest BCUT2D eigenvalue weighted by atomic mass is 9.94. The Morgan fingerprint density at radius 2 is 1.96 bits per heavy atom. The van der Waals surface area contributed by atoms with E-state index in [1.54, 1.807) is 36.7 Å². The molecular formula is C19H21ClN4O3. The number of rotatable bonds is 6. The average Bonchev–Trinajstić information content (AvgIpc) is 2.69. The van der Waals surface area contributed by atoms with Crippen LogP contribution in [0.25, 0.3) is 0 Å². The normalized spacial score (nSPS) is 16.8. The molecule has 0 aliphatic carbocycles. The van der Waals surface area contributed by atoms with Crippen molar-refractivity contribution in [3.8, 4) is 11.6 Å². The van der Waals surface area contributed by atoms with Gasteiger partial charge in [-0.1, -0.05) is 0 Å². The number of halogens is 1. The molecule has 1 atom stereocenters. The van der Waals surface area contributed by atoms with E-state index in [1.165, 1.54) is 0 Å². The molecule has 0 spiro atoms. The Hall–Kier alpha value is -2.67. The van der Waals surface area contributed by atoms with Gasteiger partial charge in [-0.2, -0.15) is 0 Å². The average molecular weight is 389 g/mol. The maximum absolute atomic E-state index is 12.2. The van der Waals surface area contributed by atoms with Crippen molar-refractivity contribution in [1.82, 2.24) is 14.9 Å². The largest absolute Gasteiger partial charge is 0.437 e. The second-order valence-corrected chi connectivity index (χ2v) is 6.73. The van der Waals surface area contributed by atoms with Gasteiger partial charge < -0.3 is 15.4 Å². The smallest absolute Gasteiger partial charge is 0.248 e. The zero-order valence-electron chi connectivity index (χ0n) is 14.8. The molecule has 2 aromatic rings. The highest BCUT2D eigenvalue weighted by molar-refractivity contribution is 6.18. The Morgan fingerprint density at radius 1 is 1.22 bits per heavy atom. The van der Waals surface area contributed by atoms with Gasteiger partial charge in [0.05, 0.1) is 0 Å². The number of carbonyl (C=O) groups excluding carboxylic acids is 2. The van der Waals surface area contributed by atoms with Gasteiger partial charge in [0, 0.05) is 49.3 Å². The van der Waals surface area contributed by atoms with Gasteiger partial charge in [-0.15, -0.1) is 11.6 Å². The zero-order valence-corrected chi connectivity index (χ0v) is 15.6. The fourth-order valence-corrected chi connectivity index (χ4v) is 3.32. The van der Waals surface area contributed by atoms with Gasteiger partial charge in [0.1, 0.15) is 11.4 Å². The predicted molar refractivity (Wildman–Crippen MR) is 101 cm³/mol. The summed E-state index contributed by atoms with van der Waals surface area (Å²) in [6, 6.07) is 6.52. The van der Waals surface area contributed by atoms with Crippen LogP contribution >= 0.6 is 11.6 Å². The third kappa shape index (κ3) is 4.74. The highest BCUT2D eigenvalue weighted by Gasteiger charge is 2.28. The summed E-state index contributed by atoms with van der Waals surface area (Å²) in [7, 11) is 0. The molecule has 142 valence electrons. The van der Waals surface area contributed by atoms with Crippen molar-refractivity contribution < 1.29 is 14.3 Å². The lowest BCUT2D eigenvalue weighted by molar-refractivity contribution is -0.132. The molecule has 2 heterocycles. The zero-order chi connectivity index (χ0) is 19.2. The van der Waals surface area contributed by atoms with Gasteiger partial charge in [-0.25, -0.2) is 4.98 Å². The summed E-state index contributed by atoms with van der Waals surface area (Å²) in [6.07, 6.45) is 5.32. The number of primary amides is 1. The molecule has 7 nitrogen and oxygen atoms in total. The number of amides is 2. The molecule has 2 amide bonds. The van der Waals surface area contributed by atoms with Crippen molar-refractivity contribution in [3.05, 3.63) is 47.9 Å². The Kier molecular flexibility index (Phi) is 6.24. The second-order valence-electron chi connectivity index (χ2n) is 6.36. The van der Waals surface area contributed by atoms with Crippen LogP contribution in [0, 0.1) is 0 Å². The first-order valence-corrected chi connectivity index (χ1v) is 9.34. The van der Waals surface area contributed by atoms with Gasteiger partial charge in [-0.3, -0.25) is 14.6 Å². The summed E-state index contributed by atoms with van der Waals surface area (Å²) in [5.74, 6) is 0.870. The van der Waals surface area contributed by atoms with Crippen LogP contribution in [0.2, 0.25) is 0 Å². The first-order chi connectivity index (χ1) is 13.1. The third-order valence-electron chi connectivity index (χ3n) is 4.51. The molecule has 1 aliphatic heterocycles. The molecule has 3 rings (SSSR count). The number of hydrogen-bond donors (Lipinski definition) is 1. The summed E-state index contributed by atoms with van der Waals surface area (Å²) in [4.78, 5) is 34.0. The van der Waals surface area contributed by atoms with Crippen LogP contribution in [-0.2, 0) is 4.79 Å². The standard InChI is InChI=1S/C19H21ClN4O3/c20-8-7-16(25)24-11-1-2-14(12-24)17-19(23-10-9-22-17)27-15-5-3-13(4-6-15)18(21)26/h3-6,9-10,14H,1-2,7-8,11-12H2,(H2,21,26). The molecule has 1 unspecified atom stereocenters. The lowest BCUT2D eigenvalue weighted by Gasteiger charge is -2.32. The highest BCUT2D eigenvalue weighted by atomic mass is 35.5. The fraction of sp³-hybridized carbons (Fsp3) is 0.368. The Morgan fingerprint density at radius 3 is 2.67 bits per heavy atom. The summed E-state index contributed by atoms with van der Waals surface area (Å²) in [6.45, 7) is 1.31. The monoisotopic (exact) mass is 388 g/mol. The van der Waals surface area contributed by atoms with Crippen molar-refractivity contribution in [3.63, 3.8) is 0 Å². The van der Waals surface area contributed by atoms with Crippen LogP contribution in [-0.4, -0.2) is 45.7 Å². The number of aromatic nitrogens is 2. The van der Waals surface area contributed by atoms with Crippen LogP contribution in [0.1, 0.15) is 41.2 Å². The number of hydrogen-bond acceptors (Lipinski definition) is 5. The van der Waals surface area contributed by atoms with E-state index in [4.69, 9.17) is 22.1 Å². The molecule has 1 saturated heterocycles. The third-order valence-corrected chi connectivity index (χ3v) is 4.70. The molecule has 1 aliphatic rings. The minimum absolute atomic E-state index is 0.0478. The number of nitrogens with zero attached hydrogens (tertiary/aromatic N) is 3. The summed E-state index contributed by atoms with van der Waals surface area (Å²) >= 11 is 5.70. The van der Waals surface area contributed by atoms with Crippen molar-refractivity contribution in [1.29, 1.82) is 0 Å². The van der Waals surface area contributed by atoms with Crippen LogP contribution in [0.4, 0.5) is 0 Å². The maximum Gasteiger partial charge on any atom is 0.248 e. The molecule has 0 bridgehead atoms. The highest BCUT2D eigenvalue weighted by Crippen LogP contribution is 2.32. The quantitative estimate of drug-likeness (QED) is 0.767. The Bertz CT molecular complexity index is 813. The lowest BCUT2D eigenvalue weighted by Crippen LogP contribution is -2.39. The molecule has 0 saturated carbocycles. The van der Waals surface area contributed by atoms with Gasteiger partial charge in [0.2, 0.25) is 17.7 Å². The number of benzene rings is 1. The number of piperidine rings is 1. The number of alkyl halides is 1. The Labute approximate surface area is 162 Å². The van der Waals surface area contributed by atoms with Gasteiger partial charge in [0.25, 0.3) is 0 Å². The summed E-state index contributed by atoms with van der Waals surface area (Å²) < 4.78 is 5.89. The molecule has 1 aromatic heterocycles. The van der Waals surface area contributed by atoms with E-state index < -0.39 is 5.91 Å². The fourth-order valence-electron chi connectivity index (χ4n) is 3.16. The van der Waals surface area contributed by atoms with E-state index in [0.29, 0.717) is 36.0 Å². The van der Waals surface area contributed by atoms with E-state index in [9.17, 15) is 9.59 Å². The number of nitrogens with two attached hydrogens (primary N) is 1. The van der Waals surface area contributed by atoms with Crippen LogP contribution in [0.5, 0.6) is 11.6 Å². The SMILES string of the molecule is NC(=O)c1ccc(Oc2nccnc2C2CCCN(C(=O)CCCl)C2)cc1. The number of ether oxygens (including phenoxy) is 1. The second kappa shape index (κ2) is 8.81. The van der Waals surface area contributed by atoms with Gasteiger partial charge in [0.15, 0.2) is 0 Å². The number of carbonyl (C=O) groups is 2. The van der Waals surface area contributed by atoms with E-state index in [0.717, 1.165) is 25.1 Å². The van der Waals surface area contributed by atoms with Gasteiger partial charge >= 0.3 is 0 Å². The summed E-state index contributed by atoms with van der Waals surface area (Å²) in [5.41, 5.74) is 6.38. The van der Waals surface area contributed by atoms with E-state index in [2.05, 4.69) is 9.97 Å². The van der Waals surface area contributed by atoms with Crippen LogP contribution < -0.4 is 10.5 Å². The molecule has 8 heteroatoms. The van der Waals surface area contributed by atoms with Gasteiger partial charge in [-0.05, 0) is 37.1 Å². The first-order valence-electron chi connectivity index (χ1n) is 8.81. The molecule has 2 N–H and O–H groups in total. The van der Waals surface area contributed by atoms with Crippen LogP contribution in [0.3, 0.4) is 0 Å². The number of likely N-dealkylation sites (tertiary alicyclic amines) is 1. The van der Waals surface area contributed by atoms with Crippen LogP contribution in [0.15, 0.2) is 36.7 Å². The molecule has 27 heavy (non-hydrogen) atoms.